The number of carbonyl (C=O) groups is 3. The van der Waals surface area contributed by atoms with Gasteiger partial charge in [0.25, 0.3) is 5.91 Å². The monoisotopic (exact) mass is 449 g/mol. The molecular weight excluding hydrogens is 426 g/mol. The van der Waals surface area contributed by atoms with E-state index in [2.05, 4.69) is 14.6 Å². The zero-order valence-electron chi connectivity index (χ0n) is 18.7. The Hall–Kier alpha value is -4.27. The third-order valence-corrected chi connectivity index (χ3v) is 5.43. The van der Waals surface area contributed by atoms with E-state index in [9.17, 15) is 14.4 Å². The quantitative estimate of drug-likeness (QED) is 0.351. The second kappa shape index (κ2) is 8.70. The van der Waals surface area contributed by atoms with E-state index < -0.39 is 17.9 Å². The molecule has 170 valence electrons. The molecular formula is C24H23N3O6. The molecule has 9 nitrogen and oxygen atoms in total. The van der Waals surface area contributed by atoms with Crippen molar-refractivity contribution in [2.75, 3.05) is 14.2 Å². The predicted molar refractivity (Wildman–Crippen MR) is 119 cm³/mol. The SMILES string of the molecule is COC(=O)c1ccc(CN2C(=O)N/C(=C\c3cc(C)n(-c4ccc(OC)cc4)c3C)C2=O)o1. The number of imide groups is 1. The lowest BCUT2D eigenvalue weighted by atomic mass is 10.2. The lowest BCUT2D eigenvalue weighted by Gasteiger charge is -2.10. The molecule has 0 bridgehead atoms. The summed E-state index contributed by atoms with van der Waals surface area (Å²) in [6.07, 6.45) is 1.66. The molecule has 2 aromatic heterocycles. The van der Waals surface area contributed by atoms with Gasteiger partial charge in [-0.15, -0.1) is 0 Å². The van der Waals surface area contributed by atoms with Gasteiger partial charge in [0.05, 0.1) is 20.8 Å². The third kappa shape index (κ3) is 4.12. The van der Waals surface area contributed by atoms with Gasteiger partial charge in [-0.25, -0.2) is 9.59 Å². The van der Waals surface area contributed by atoms with Gasteiger partial charge < -0.3 is 23.8 Å². The number of hydrogen-bond donors (Lipinski definition) is 1. The second-order valence-electron chi connectivity index (χ2n) is 7.50. The summed E-state index contributed by atoms with van der Waals surface area (Å²) in [6, 6.07) is 12.0. The number of methoxy groups -OCH3 is 2. The summed E-state index contributed by atoms with van der Waals surface area (Å²) < 4.78 is 17.3. The fourth-order valence-corrected chi connectivity index (χ4v) is 3.76. The Labute approximate surface area is 190 Å². The molecule has 3 aromatic rings. The first-order valence-electron chi connectivity index (χ1n) is 10.2. The van der Waals surface area contributed by atoms with Crippen LogP contribution in [-0.2, 0) is 16.1 Å². The van der Waals surface area contributed by atoms with Gasteiger partial charge in [0.2, 0.25) is 5.76 Å². The van der Waals surface area contributed by atoms with Crippen molar-refractivity contribution in [3.63, 3.8) is 0 Å². The van der Waals surface area contributed by atoms with E-state index in [1.165, 1.54) is 19.2 Å². The topological polar surface area (TPSA) is 103 Å². The molecule has 0 saturated carbocycles. The molecule has 1 fully saturated rings. The van der Waals surface area contributed by atoms with Gasteiger partial charge in [-0.05, 0) is 68.0 Å². The fourth-order valence-electron chi connectivity index (χ4n) is 3.76. The van der Waals surface area contributed by atoms with Crippen molar-refractivity contribution in [3.05, 3.63) is 76.6 Å². The van der Waals surface area contributed by atoms with Crippen molar-refractivity contribution < 1.29 is 28.3 Å². The van der Waals surface area contributed by atoms with E-state index in [0.717, 1.165) is 33.3 Å². The predicted octanol–water partition coefficient (Wildman–Crippen LogP) is 3.58. The molecule has 3 amide bonds. The maximum absolute atomic E-state index is 12.9. The smallest absolute Gasteiger partial charge is 0.373 e. The first-order valence-corrected chi connectivity index (χ1v) is 10.2. The molecule has 1 aromatic carbocycles. The number of urea groups is 1. The highest BCUT2D eigenvalue weighted by molar-refractivity contribution is 6.13. The van der Waals surface area contributed by atoms with Crippen LogP contribution in [0.3, 0.4) is 0 Å². The van der Waals surface area contributed by atoms with Crippen LogP contribution in [0.5, 0.6) is 5.75 Å². The van der Waals surface area contributed by atoms with Crippen molar-refractivity contribution in [2.24, 2.45) is 0 Å². The number of aromatic nitrogens is 1. The molecule has 4 rings (SSSR count). The molecule has 0 unspecified atom stereocenters. The van der Waals surface area contributed by atoms with Gasteiger partial charge in [-0.2, -0.15) is 0 Å². The van der Waals surface area contributed by atoms with Crippen molar-refractivity contribution in [2.45, 2.75) is 20.4 Å². The highest BCUT2D eigenvalue weighted by atomic mass is 16.5. The lowest BCUT2D eigenvalue weighted by molar-refractivity contribution is -0.123. The van der Waals surface area contributed by atoms with Gasteiger partial charge in [0, 0.05) is 17.1 Å². The molecule has 0 radical (unpaired) electrons. The van der Waals surface area contributed by atoms with Gasteiger partial charge in [-0.3, -0.25) is 9.69 Å². The van der Waals surface area contributed by atoms with Crippen LogP contribution in [0.4, 0.5) is 4.79 Å². The number of benzene rings is 1. The number of furan rings is 1. The van der Waals surface area contributed by atoms with Crippen LogP contribution in [-0.4, -0.2) is 41.6 Å². The van der Waals surface area contributed by atoms with Crippen LogP contribution in [0.1, 0.15) is 33.3 Å². The first-order chi connectivity index (χ1) is 15.8. The standard InChI is InChI=1S/C24H23N3O6/c1-14-11-16(15(2)27(14)17-5-7-18(31-3)8-6-17)12-20-22(28)26(24(30)25-20)13-19-9-10-21(33-19)23(29)32-4/h5-12H,13H2,1-4H3,(H,25,30)/b20-12-. The minimum absolute atomic E-state index is 0.00120. The number of hydrogen-bond acceptors (Lipinski definition) is 6. The Morgan fingerprint density at radius 3 is 2.48 bits per heavy atom. The molecule has 1 aliphatic heterocycles. The molecule has 3 heterocycles. The zero-order chi connectivity index (χ0) is 23.7. The summed E-state index contributed by atoms with van der Waals surface area (Å²) in [5.41, 5.74) is 3.82. The van der Waals surface area contributed by atoms with Gasteiger partial charge in [-0.1, -0.05) is 0 Å². The summed E-state index contributed by atoms with van der Waals surface area (Å²) in [5.74, 6) is -0.0613. The van der Waals surface area contributed by atoms with E-state index >= 15 is 0 Å². The maximum Gasteiger partial charge on any atom is 0.373 e. The molecule has 1 aliphatic rings. The van der Waals surface area contributed by atoms with Crippen LogP contribution in [0.2, 0.25) is 0 Å². The molecule has 0 aliphatic carbocycles. The van der Waals surface area contributed by atoms with Crippen LogP contribution < -0.4 is 10.1 Å². The molecule has 33 heavy (non-hydrogen) atoms. The third-order valence-electron chi connectivity index (χ3n) is 5.43. The first kappa shape index (κ1) is 21.9. The number of amides is 3. The van der Waals surface area contributed by atoms with Gasteiger partial charge >= 0.3 is 12.0 Å². The summed E-state index contributed by atoms with van der Waals surface area (Å²) in [4.78, 5) is 37.9. The fraction of sp³-hybridized carbons (Fsp3) is 0.208. The normalized spacial score (nSPS) is 14.7. The molecule has 1 saturated heterocycles. The number of aryl methyl sites for hydroxylation is 1. The van der Waals surface area contributed by atoms with Crippen molar-refractivity contribution in [1.29, 1.82) is 0 Å². The average Bonchev–Trinajstić information content (AvgIpc) is 3.47. The summed E-state index contributed by atoms with van der Waals surface area (Å²) >= 11 is 0. The highest BCUT2D eigenvalue weighted by Gasteiger charge is 2.34. The van der Waals surface area contributed by atoms with E-state index in [1.807, 2.05) is 44.2 Å². The maximum atomic E-state index is 12.9. The number of rotatable bonds is 6. The Kier molecular flexibility index (Phi) is 5.78. The lowest BCUT2D eigenvalue weighted by Crippen LogP contribution is -2.30. The van der Waals surface area contributed by atoms with E-state index in [1.54, 1.807) is 13.2 Å². The van der Waals surface area contributed by atoms with E-state index in [-0.39, 0.29) is 23.8 Å². The van der Waals surface area contributed by atoms with Crippen molar-refractivity contribution in [1.82, 2.24) is 14.8 Å². The van der Waals surface area contributed by atoms with Crippen LogP contribution in [0.15, 0.2) is 52.6 Å². The minimum Gasteiger partial charge on any atom is -0.497 e. The molecule has 0 atom stereocenters. The molecule has 1 N–H and O–H groups in total. The zero-order valence-corrected chi connectivity index (χ0v) is 18.7. The van der Waals surface area contributed by atoms with Crippen LogP contribution in [0, 0.1) is 13.8 Å². The second-order valence-corrected chi connectivity index (χ2v) is 7.50. The van der Waals surface area contributed by atoms with Gasteiger partial charge in [0.1, 0.15) is 17.2 Å². The van der Waals surface area contributed by atoms with E-state index in [0.29, 0.717) is 0 Å². The Balaban J connectivity index is 1.57. The van der Waals surface area contributed by atoms with Gasteiger partial charge in [0.15, 0.2) is 0 Å². The number of esters is 1. The Bertz CT molecular complexity index is 1270. The molecule has 9 heteroatoms. The summed E-state index contributed by atoms with van der Waals surface area (Å²) in [5, 5.41) is 2.61. The van der Waals surface area contributed by atoms with Crippen LogP contribution in [0.25, 0.3) is 11.8 Å². The van der Waals surface area contributed by atoms with E-state index in [4.69, 9.17) is 9.15 Å². The number of nitrogens with one attached hydrogen (secondary N) is 1. The van der Waals surface area contributed by atoms with Crippen molar-refractivity contribution in [3.8, 4) is 11.4 Å². The number of nitrogens with zero attached hydrogens (tertiary/aromatic N) is 2. The Morgan fingerprint density at radius 1 is 1.09 bits per heavy atom. The minimum atomic E-state index is -0.633. The number of carbonyl (C=O) groups excluding carboxylic acids is 3. The molecule has 0 spiro atoms. The van der Waals surface area contributed by atoms with Crippen molar-refractivity contribution >= 4 is 24.0 Å². The largest absolute Gasteiger partial charge is 0.497 e. The highest BCUT2D eigenvalue weighted by Crippen LogP contribution is 2.25. The average molecular weight is 449 g/mol. The number of ether oxygens (including phenoxy) is 2. The summed E-state index contributed by atoms with van der Waals surface area (Å²) in [6.45, 7) is 3.81. The summed E-state index contributed by atoms with van der Waals surface area (Å²) in [7, 11) is 2.86. The van der Waals surface area contributed by atoms with Crippen LogP contribution >= 0.6 is 0 Å². The Morgan fingerprint density at radius 2 is 1.82 bits per heavy atom.